The van der Waals surface area contributed by atoms with Crippen molar-refractivity contribution in [3.63, 3.8) is 0 Å². The summed E-state index contributed by atoms with van der Waals surface area (Å²) in [6, 6.07) is 0.645. The Morgan fingerprint density at radius 3 is 2.69 bits per heavy atom. The molecule has 0 saturated carbocycles. The summed E-state index contributed by atoms with van der Waals surface area (Å²) in [6.07, 6.45) is 7.67. The van der Waals surface area contributed by atoms with E-state index in [1.807, 2.05) is 11.8 Å². The molecule has 1 rings (SSSR count). The smallest absolute Gasteiger partial charge is 0.157 e. The van der Waals surface area contributed by atoms with Crippen LogP contribution in [0.25, 0.3) is 0 Å². The highest BCUT2D eigenvalue weighted by atomic mass is 32.2. The van der Waals surface area contributed by atoms with Gasteiger partial charge in [-0.15, -0.1) is 0 Å². The Labute approximate surface area is 105 Å². The average Bonchev–Trinajstić information content (AvgIpc) is 2.74. The molecule has 1 aliphatic rings. The first-order chi connectivity index (χ1) is 7.80. The van der Waals surface area contributed by atoms with Crippen molar-refractivity contribution in [2.75, 3.05) is 6.54 Å². The van der Waals surface area contributed by atoms with Crippen LogP contribution in [-0.2, 0) is 0 Å². The molecule has 1 aliphatic heterocycles. The topological polar surface area (TPSA) is 24.4 Å². The number of hydrogen-bond donors (Lipinski definition) is 1. The lowest BCUT2D eigenvalue weighted by atomic mass is 10.1. The number of nitrogens with zero attached hydrogens (tertiary/aromatic N) is 1. The summed E-state index contributed by atoms with van der Waals surface area (Å²) in [5.41, 5.74) is 0. The Bertz CT molecular complexity index is 216. The quantitative estimate of drug-likeness (QED) is 0.734. The number of unbranched alkanes of at least 4 members (excludes halogenated alkanes) is 1. The summed E-state index contributed by atoms with van der Waals surface area (Å²) >= 11 is 1.94. The summed E-state index contributed by atoms with van der Waals surface area (Å²) in [6.45, 7) is 7.78. The van der Waals surface area contributed by atoms with Crippen molar-refractivity contribution in [2.45, 2.75) is 70.6 Å². The third kappa shape index (κ3) is 4.77. The molecule has 0 radical (unpaired) electrons. The van der Waals surface area contributed by atoms with Crippen LogP contribution in [0.15, 0.2) is 4.99 Å². The van der Waals surface area contributed by atoms with Crippen molar-refractivity contribution in [3.8, 4) is 0 Å². The molecule has 0 aliphatic carbocycles. The number of amidine groups is 1. The second-order valence-electron chi connectivity index (χ2n) is 4.57. The van der Waals surface area contributed by atoms with Crippen LogP contribution >= 0.6 is 11.8 Å². The predicted octanol–water partition coefficient (Wildman–Crippen LogP) is 3.82. The van der Waals surface area contributed by atoms with Gasteiger partial charge in [0.1, 0.15) is 0 Å². The lowest BCUT2D eigenvalue weighted by Crippen LogP contribution is -2.32. The van der Waals surface area contributed by atoms with Gasteiger partial charge in [-0.25, -0.2) is 0 Å². The summed E-state index contributed by atoms with van der Waals surface area (Å²) in [5, 5.41) is 5.54. The molecule has 2 nitrogen and oxygen atoms in total. The van der Waals surface area contributed by atoms with E-state index in [0.717, 1.165) is 11.8 Å². The Morgan fingerprint density at radius 1 is 1.31 bits per heavy atom. The van der Waals surface area contributed by atoms with Crippen LogP contribution in [0.1, 0.15) is 59.3 Å². The molecule has 1 heterocycles. The molecular formula is C13H26N2S. The van der Waals surface area contributed by atoms with Gasteiger partial charge in [0.15, 0.2) is 5.17 Å². The highest BCUT2D eigenvalue weighted by Crippen LogP contribution is 2.23. The minimum atomic E-state index is 0.645. The van der Waals surface area contributed by atoms with Crippen LogP contribution in [0.5, 0.6) is 0 Å². The molecule has 1 N–H and O–H groups in total. The van der Waals surface area contributed by atoms with Crippen LogP contribution in [-0.4, -0.2) is 23.0 Å². The first-order valence-corrected chi connectivity index (χ1v) is 7.65. The van der Waals surface area contributed by atoms with Crippen LogP contribution in [0.2, 0.25) is 0 Å². The fourth-order valence-corrected chi connectivity index (χ4v) is 2.99. The molecule has 2 unspecified atom stereocenters. The van der Waals surface area contributed by atoms with Gasteiger partial charge in [0, 0.05) is 11.3 Å². The summed E-state index contributed by atoms with van der Waals surface area (Å²) in [4.78, 5) is 4.59. The third-order valence-electron chi connectivity index (χ3n) is 3.04. The summed E-state index contributed by atoms with van der Waals surface area (Å²) in [5.74, 6) is 0. The third-order valence-corrected chi connectivity index (χ3v) is 4.33. The molecule has 0 saturated heterocycles. The normalized spacial score (nSPS) is 21.9. The number of thioether (sulfide) groups is 1. The maximum atomic E-state index is 4.59. The van der Waals surface area contributed by atoms with Gasteiger partial charge in [0.2, 0.25) is 0 Å². The zero-order chi connectivity index (χ0) is 11.8. The van der Waals surface area contributed by atoms with Crippen molar-refractivity contribution in [3.05, 3.63) is 0 Å². The van der Waals surface area contributed by atoms with Gasteiger partial charge in [-0.1, -0.05) is 51.8 Å². The number of nitrogens with one attached hydrogen (secondary N) is 1. The van der Waals surface area contributed by atoms with E-state index >= 15 is 0 Å². The van der Waals surface area contributed by atoms with E-state index in [-0.39, 0.29) is 0 Å². The molecule has 94 valence electrons. The first-order valence-electron chi connectivity index (χ1n) is 6.77. The molecule has 0 bridgehead atoms. The first kappa shape index (κ1) is 13.9. The highest BCUT2D eigenvalue weighted by Gasteiger charge is 2.19. The van der Waals surface area contributed by atoms with Crippen molar-refractivity contribution >= 4 is 16.9 Å². The van der Waals surface area contributed by atoms with Crippen molar-refractivity contribution in [1.29, 1.82) is 0 Å². The Hall–Kier alpha value is -0.180. The lowest BCUT2D eigenvalue weighted by molar-refractivity contribution is 0.497. The fraction of sp³-hybridized carbons (Fsp3) is 0.923. The molecule has 3 heteroatoms. The fourth-order valence-electron chi connectivity index (χ4n) is 1.97. The molecule has 0 amide bonds. The Balaban J connectivity index is 2.31. The van der Waals surface area contributed by atoms with Crippen molar-refractivity contribution in [1.82, 2.24) is 5.32 Å². The van der Waals surface area contributed by atoms with Crippen LogP contribution in [0, 0.1) is 0 Å². The zero-order valence-electron chi connectivity index (χ0n) is 11.0. The van der Waals surface area contributed by atoms with Gasteiger partial charge in [-0.3, -0.25) is 4.99 Å². The summed E-state index contributed by atoms with van der Waals surface area (Å²) < 4.78 is 0. The molecule has 0 aromatic heterocycles. The van der Waals surface area contributed by atoms with Crippen molar-refractivity contribution in [2.24, 2.45) is 4.99 Å². The van der Waals surface area contributed by atoms with E-state index < -0.39 is 0 Å². The molecule has 0 aromatic rings. The van der Waals surface area contributed by atoms with Gasteiger partial charge >= 0.3 is 0 Å². The zero-order valence-corrected chi connectivity index (χ0v) is 11.8. The molecule has 2 atom stereocenters. The minimum absolute atomic E-state index is 0.645. The van der Waals surface area contributed by atoms with Crippen LogP contribution in [0.4, 0.5) is 0 Å². The number of rotatable bonds is 7. The van der Waals surface area contributed by atoms with Gasteiger partial charge in [0.05, 0.1) is 6.54 Å². The lowest BCUT2D eigenvalue weighted by Gasteiger charge is -2.18. The number of hydrogen-bond acceptors (Lipinski definition) is 3. The van der Waals surface area contributed by atoms with Gasteiger partial charge < -0.3 is 5.32 Å². The average molecular weight is 242 g/mol. The predicted molar refractivity (Wildman–Crippen MR) is 75.3 cm³/mol. The van der Waals surface area contributed by atoms with E-state index in [0.29, 0.717) is 6.04 Å². The van der Waals surface area contributed by atoms with E-state index in [1.54, 1.807) is 0 Å². The molecule has 0 aromatic carbocycles. The largest absolute Gasteiger partial charge is 0.362 e. The van der Waals surface area contributed by atoms with E-state index in [1.165, 1.54) is 43.7 Å². The minimum Gasteiger partial charge on any atom is -0.362 e. The van der Waals surface area contributed by atoms with E-state index in [9.17, 15) is 0 Å². The van der Waals surface area contributed by atoms with Crippen LogP contribution in [0.3, 0.4) is 0 Å². The van der Waals surface area contributed by atoms with Gasteiger partial charge in [-0.2, -0.15) is 0 Å². The number of aliphatic imine (C=N–C) groups is 1. The van der Waals surface area contributed by atoms with Crippen molar-refractivity contribution < 1.29 is 0 Å². The molecule has 0 fully saturated rings. The molecule has 16 heavy (non-hydrogen) atoms. The monoisotopic (exact) mass is 242 g/mol. The van der Waals surface area contributed by atoms with E-state index in [2.05, 4.69) is 31.1 Å². The molecule has 0 spiro atoms. The highest BCUT2D eigenvalue weighted by molar-refractivity contribution is 8.14. The Morgan fingerprint density at radius 2 is 2.12 bits per heavy atom. The van der Waals surface area contributed by atoms with Gasteiger partial charge in [-0.05, 0) is 19.3 Å². The SMILES string of the molecule is CCCCC(CCC)NC1=NCC(CC)S1. The standard InChI is InChI=1S/C13H26N2S/c1-4-7-9-11(8-5-2)15-13-14-10-12(6-3)16-13/h11-12H,4-10H2,1-3H3,(H,14,15). The Kier molecular flexibility index (Phi) is 6.93. The van der Waals surface area contributed by atoms with E-state index in [4.69, 9.17) is 0 Å². The van der Waals surface area contributed by atoms with Gasteiger partial charge in [0.25, 0.3) is 0 Å². The second kappa shape index (κ2) is 7.99. The van der Waals surface area contributed by atoms with Crippen LogP contribution < -0.4 is 5.32 Å². The molecular weight excluding hydrogens is 216 g/mol. The summed E-state index contributed by atoms with van der Waals surface area (Å²) in [7, 11) is 0. The second-order valence-corrected chi connectivity index (χ2v) is 5.86. The maximum Gasteiger partial charge on any atom is 0.157 e. The maximum absolute atomic E-state index is 4.59.